The first-order valence-corrected chi connectivity index (χ1v) is 9.24. The van der Waals surface area contributed by atoms with E-state index in [0.717, 1.165) is 11.8 Å². The van der Waals surface area contributed by atoms with Crippen LogP contribution < -0.4 is 5.32 Å². The van der Waals surface area contributed by atoms with Crippen molar-refractivity contribution in [2.45, 2.75) is 13.1 Å². The van der Waals surface area contributed by atoms with Crippen LogP contribution in [0.5, 0.6) is 0 Å². The number of ether oxygens (including phenoxy) is 1. The average molecular weight is 422 g/mol. The maximum Gasteiger partial charge on any atom is 0.419 e. The Morgan fingerprint density at radius 3 is 2.60 bits per heavy atom. The number of amides is 1. The third-order valence-electron chi connectivity index (χ3n) is 4.95. The van der Waals surface area contributed by atoms with Crippen molar-refractivity contribution in [2.24, 2.45) is 0 Å². The van der Waals surface area contributed by atoms with E-state index in [1.165, 1.54) is 12.3 Å². The summed E-state index contributed by atoms with van der Waals surface area (Å²) in [7, 11) is 0. The molecule has 1 fully saturated rings. The fourth-order valence-electron chi connectivity index (χ4n) is 3.44. The molecule has 1 aliphatic heterocycles. The van der Waals surface area contributed by atoms with Gasteiger partial charge in [0.1, 0.15) is 5.69 Å². The van der Waals surface area contributed by atoms with Crippen molar-refractivity contribution in [3.8, 4) is 0 Å². The van der Waals surface area contributed by atoms with Gasteiger partial charge in [-0.3, -0.25) is 4.79 Å². The predicted molar refractivity (Wildman–Crippen MR) is 101 cm³/mol. The van der Waals surface area contributed by atoms with Crippen LogP contribution in [0.3, 0.4) is 0 Å². The summed E-state index contributed by atoms with van der Waals surface area (Å²) in [5.41, 5.74) is -0.232. The number of benzene rings is 1. The number of carbonyl (C=O) groups excluding carboxylic acids is 1. The first-order chi connectivity index (χ1) is 14.3. The maximum atomic E-state index is 14.4. The van der Waals surface area contributed by atoms with Crippen LogP contribution in [-0.2, 0) is 10.9 Å². The number of morpholine rings is 1. The van der Waals surface area contributed by atoms with Crippen LogP contribution in [0.2, 0.25) is 0 Å². The number of nitrogens with zero attached hydrogens (tertiary/aromatic N) is 3. The Kier molecular flexibility index (Phi) is 5.10. The number of rotatable bonds is 3. The monoisotopic (exact) mass is 422 g/mol. The number of fused-ring (bicyclic) bond motifs is 1. The number of halogens is 4. The second kappa shape index (κ2) is 7.60. The molecule has 2 aromatic heterocycles. The minimum atomic E-state index is -4.81. The highest BCUT2D eigenvalue weighted by Gasteiger charge is 2.35. The van der Waals surface area contributed by atoms with Crippen molar-refractivity contribution >= 4 is 22.9 Å². The molecule has 0 aliphatic carbocycles. The minimum absolute atomic E-state index is 0.139. The van der Waals surface area contributed by atoms with Gasteiger partial charge in [0.2, 0.25) is 0 Å². The molecule has 0 radical (unpaired) electrons. The van der Waals surface area contributed by atoms with Gasteiger partial charge in [0.15, 0.2) is 11.6 Å². The second-order valence-corrected chi connectivity index (χ2v) is 6.88. The van der Waals surface area contributed by atoms with Gasteiger partial charge in [-0.2, -0.15) is 13.2 Å². The lowest BCUT2D eigenvalue weighted by Gasteiger charge is -2.27. The lowest BCUT2D eigenvalue weighted by atomic mass is 10.1. The number of carbonyl (C=O) groups is 1. The van der Waals surface area contributed by atoms with Crippen LogP contribution in [0.15, 0.2) is 36.5 Å². The highest BCUT2D eigenvalue weighted by atomic mass is 19.4. The van der Waals surface area contributed by atoms with E-state index in [0.29, 0.717) is 43.6 Å². The highest BCUT2D eigenvalue weighted by Crippen LogP contribution is 2.35. The Morgan fingerprint density at radius 1 is 1.17 bits per heavy atom. The first-order valence-electron chi connectivity index (χ1n) is 9.24. The number of alkyl halides is 3. The van der Waals surface area contributed by atoms with E-state index in [1.54, 1.807) is 28.4 Å². The molecular formula is C20H18F4N4O2. The van der Waals surface area contributed by atoms with E-state index in [2.05, 4.69) is 10.3 Å². The normalized spacial score (nSPS) is 14.9. The Bertz CT molecular complexity index is 1100. The molecule has 1 saturated heterocycles. The van der Waals surface area contributed by atoms with Crippen molar-refractivity contribution < 1.29 is 27.1 Å². The van der Waals surface area contributed by atoms with Crippen molar-refractivity contribution in [2.75, 3.05) is 31.6 Å². The average Bonchev–Trinajstić information content (AvgIpc) is 3.11. The van der Waals surface area contributed by atoms with Gasteiger partial charge in [-0.05, 0) is 31.2 Å². The van der Waals surface area contributed by atoms with Crippen LogP contribution in [0.25, 0.3) is 5.52 Å². The van der Waals surface area contributed by atoms with E-state index in [4.69, 9.17) is 4.74 Å². The third kappa shape index (κ3) is 3.58. The van der Waals surface area contributed by atoms with Crippen molar-refractivity contribution in [3.63, 3.8) is 0 Å². The lowest BCUT2D eigenvalue weighted by Crippen LogP contribution is -2.41. The Hall–Kier alpha value is -3.14. The summed E-state index contributed by atoms with van der Waals surface area (Å²) in [6, 6.07) is 6.42. The third-order valence-corrected chi connectivity index (χ3v) is 4.95. The Balaban J connectivity index is 1.73. The SMILES string of the molecule is Cc1ccc2c(Nc3cccc(C(F)(F)F)c3F)ncc(C(=O)N3CCOCC3)n12. The molecule has 0 atom stereocenters. The van der Waals surface area contributed by atoms with E-state index < -0.39 is 17.6 Å². The molecule has 6 nitrogen and oxygen atoms in total. The van der Waals surface area contributed by atoms with Gasteiger partial charge in [0.25, 0.3) is 5.91 Å². The van der Waals surface area contributed by atoms with Crippen LogP contribution in [-0.4, -0.2) is 46.5 Å². The molecule has 0 bridgehead atoms. The fraction of sp³-hybridized carbons (Fsp3) is 0.300. The molecular weight excluding hydrogens is 404 g/mol. The number of hydrogen-bond donors (Lipinski definition) is 1. The summed E-state index contributed by atoms with van der Waals surface area (Å²) in [6.45, 7) is 3.59. The summed E-state index contributed by atoms with van der Waals surface area (Å²) in [5, 5.41) is 2.63. The van der Waals surface area contributed by atoms with E-state index in [9.17, 15) is 22.4 Å². The van der Waals surface area contributed by atoms with E-state index in [1.807, 2.05) is 0 Å². The number of nitrogens with one attached hydrogen (secondary N) is 1. The fourth-order valence-corrected chi connectivity index (χ4v) is 3.44. The van der Waals surface area contributed by atoms with Crippen molar-refractivity contribution in [1.29, 1.82) is 0 Å². The summed E-state index contributed by atoms with van der Waals surface area (Å²) in [4.78, 5) is 18.8. The summed E-state index contributed by atoms with van der Waals surface area (Å²) < 4.78 is 60.4. The molecule has 0 unspecified atom stereocenters. The maximum absolute atomic E-state index is 14.4. The Morgan fingerprint density at radius 2 is 1.90 bits per heavy atom. The summed E-state index contributed by atoms with van der Waals surface area (Å²) in [6.07, 6.45) is -3.48. The number of anilines is 2. The van der Waals surface area contributed by atoms with Gasteiger partial charge < -0.3 is 19.4 Å². The molecule has 4 rings (SSSR count). The molecule has 158 valence electrons. The number of aromatic nitrogens is 2. The molecule has 1 N–H and O–H groups in total. The van der Waals surface area contributed by atoms with Crippen molar-refractivity contribution in [3.05, 3.63) is 59.3 Å². The van der Waals surface area contributed by atoms with E-state index >= 15 is 0 Å². The van der Waals surface area contributed by atoms with Crippen LogP contribution in [0.1, 0.15) is 21.7 Å². The van der Waals surface area contributed by atoms with Gasteiger partial charge in [-0.25, -0.2) is 9.37 Å². The van der Waals surface area contributed by atoms with Gasteiger partial charge in [-0.15, -0.1) is 0 Å². The summed E-state index contributed by atoms with van der Waals surface area (Å²) >= 11 is 0. The number of hydrogen-bond acceptors (Lipinski definition) is 4. The molecule has 1 amide bonds. The molecule has 30 heavy (non-hydrogen) atoms. The molecule has 0 spiro atoms. The largest absolute Gasteiger partial charge is 0.419 e. The zero-order chi connectivity index (χ0) is 21.5. The van der Waals surface area contributed by atoms with Crippen LogP contribution in [0, 0.1) is 12.7 Å². The minimum Gasteiger partial charge on any atom is -0.378 e. The highest BCUT2D eigenvalue weighted by molar-refractivity contribution is 5.94. The van der Waals surface area contributed by atoms with Crippen LogP contribution >= 0.6 is 0 Å². The van der Waals surface area contributed by atoms with Gasteiger partial charge in [0.05, 0.1) is 36.2 Å². The zero-order valence-corrected chi connectivity index (χ0v) is 16.0. The standard InChI is InChI=1S/C20H18F4N4O2/c1-12-5-6-15-18(26-14-4-2-3-13(17(14)21)20(22,23)24)25-11-16(28(12)15)19(29)27-7-9-30-10-8-27/h2-6,11H,7-10H2,1H3,(H,25,26). The topological polar surface area (TPSA) is 58.9 Å². The number of aryl methyl sites for hydroxylation is 1. The van der Waals surface area contributed by atoms with Crippen LogP contribution in [0.4, 0.5) is 29.1 Å². The van der Waals surface area contributed by atoms with Gasteiger partial charge in [0, 0.05) is 18.8 Å². The van der Waals surface area contributed by atoms with Crippen molar-refractivity contribution in [1.82, 2.24) is 14.3 Å². The summed E-state index contributed by atoms with van der Waals surface area (Å²) in [5.74, 6) is -1.51. The predicted octanol–water partition coefficient (Wildman–Crippen LogP) is 4.02. The zero-order valence-electron chi connectivity index (χ0n) is 16.0. The second-order valence-electron chi connectivity index (χ2n) is 6.88. The molecule has 0 saturated carbocycles. The smallest absolute Gasteiger partial charge is 0.378 e. The molecule has 1 aliphatic rings. The lowest BCUT2D eigenvalue weighted by molar-refractivity contribution is -0.139. The first kappa shape index (κ1) is 20.1. The quantitative estimate of drug-likeness (QED) is 0.648. The van der Waals surface area contributed by atoms with E-state index in [-0.39, 0.29) is 17.4 Å². The van der Waals surface area contributed by atoms with Gasteiger partial charge >= 0.3 is 6.18 Å². The van der Waals surface area contributed by atoms with Gasteiger partial charge in [-0.1, -0.05) is 6.07 Å². The Labute approximate surface area is 169 Å². The molecule has 3 aromatic rings. The molecule has 10 heteroatoms. The molecule has 1 aromatic carbocycles. The molecule has 3 heterocycles.